The first-order valence-electron chi connectivity index (χ1n) is 6.37. The molecular weight excluding hydrogens is 453 g/mol. The fourth-order valence-corrected chi connectivity index (χ4v) is 5.11. The minimum atomic E-state index is -4.05. The van der Waals surface area contributed by atoms with Crippen LogP contribution in [0.15, 0.2) is 53.4 Å². The molecule has 0 saturated carbocycles. The minimum Gasteiger partial charge on any atom is -0.477 e. The second-order valence-electron chi connectivity index (χ2n) is 4.71. The maximum Gasteiger partial charge on any atom is 0.354 e. The van der Waals surface area contributed by atoms with Crippen LogP contribution in [0.1, 0.15) is 10.5 Å². The van der Waals surface area contributed by atoms with Crippen LogP contribution in [-0.2, 0) is 10.0 Å². The van der Waals surface area contributed by atoms with Crippen molar-refractivity contribution in [1.82, 2.24) is 3.97 Å². The van der Waals surface area contributed by atoms with Crippen molar-refractivity contribution in [3.05, 3.63) is 62.8 Å². The lowest BCUT2D eigenvalue weighted by Crippen LogP contribution is -2.19. The molecule has 0 aliphatic carbocycles. The van der Waals surface area contributed by atoms with Crippen LogP contribution in [-0.4, -0.2) is 23.5 Å². The summed E-state index contributed by atoms with van der Waals surface area (Å²) in [6.07, 6.45) is 0. The van der Waals surface area contributed by atoms with Crippen molar-refractivity contribution in [3.63, 3.8) is 0 Å². The molecule has 5 nitrogen and oxygen atoms in total. The highest BCUT2D eigenvalue weighted by Gasteiger charge is 2.29. The molecule has 1 heterocycles. The van der Waals surface area contributed by atoms with Crippen molar-refractivity contribution in [1.29, 1.82) is 0 Å². The summed E-state index contributed by atoms with van der Waals surface area (Å²) in [7, 11) is -4.05. The van der Waals surface area contributed by atoms with Crippen LogP contribution in [0.25, 0.3) is 10.9 Å². The van der Waals surface area contributed by atoms with Crippen LogP contribution in [0, 0.1) is 3.57 Å². The van der Waals surface area contributed by atoms with E-state index in [2.05, 4.69) is 0 Å². The van der Waals surface area contributed by atoms with E-state index in [-0.39, 0.29) is 16.1 Å². The summed E-state index contributed by atoms with van der Waals surface area (Å²) in [5, 5.41) is 10.4. The topological polar surface area (TPSA) is 76.4 Å². The van der Waals surface area contributed by atoms with Crippen LogP contribution in [0.2, 0.25) is 5.02 Å². The number of fused-ring (bicyclic) bond motifs is 1. The van der Waals surface area contributed by atoms with Gasteiger partial charge in [0.25, 0.3) is 10.0 Å². The van der Waals surface area contributed by atoms with Gasteiger partial charge >= 0.3 is 5.97 Å². The number of carbonyl (C=O) groups is 1. The van der Waals surface area contributed by atoms with Gasteiger partial charge in [0, 0.05) is 10.4 Å². The van der Waals surface area contributed by atoms with Crippen molar-refractivity contribution in [2.45, 2.75) is 4.90 Å². The zero-order chi connectivity index (χ0) is 16.8. The Bertz CT molecular complexity index is 1030. The number of aromatic carboxylic acids is 1. The number of aromatic nitrogens is 1. The number of benzene rings is 2. The molecule has 0 aliphatic rings. The average Bonchev–Trinajstić information content (AvgIpc) is 2.81. The van der Waals surface area contributed by atoms with Crippen molar-refractivity contribution in [2.75, 3.05) is 0 Å². The Morgan fingerprint density at radius 3 is 2.39 bits per heavy atom. The third kappa shape index (κ3) is 2.62. The van der Waals surface area contributed by atoms with Gasteiger partial charge in [-0.3, -0.25) is 0 Å². The van der Waals surface area contributed by atoms with Crippen LogP contribution in [0.5, 0.6) is 0 Å². The number of rotatable bonds is 3. The predicted molar refractivity (Wildman–Crippen MR) is 95.7 cm³/mol. The smallest absolute Gasteiger partial charge is 0.354 e. The van der Waals surface area contributed by atoms with Crippen molar-refractivity contribution in [3.8, 4) is 0 Å². The molecule has 23 heavy (non-hydrogen) atoms. The molecule has 0 radical (unpaired) electrons. The van der Waals surface area contributed by atoms with Gasteiger partial charge in [0.15, 0.2) is 5.69 Å². The predicted octanol–water partition coefficient (Wildman–Crippen LogP) is 3.83. The fourth-order valence-electron chi connectivity index (χ4n) is 2.33. The number of halogens is 2. The second kappa shape index (κ2) is 5.81. The molecule has 0 spiro atoms. The summed E-state index contributed by atoms with van der Waals surface area (Å²) in [4.78, 5) is 11.7. The first-order valence-corrected chi connectivity index (χ1v) is 9.27. The maximum absolute atomic E-state index is 12.9. The third-order valence-electron chi connectivity index (χ3n) is 3.31. The van der Waals surface area contributed by atoms with E-state index < -0.39 is 16.0 Å². The van der Waals surface area contributed by atoms with Gasteiger partial charge < -0.3 is 5.11 Å². The molecular formula is C15H9ClINO4S. The van der Waals surface area contributed by atoms with Crippen molar-refractivity contribution in [2.24, 2.45) is 0 Å². The van der Waals surface area contributed by atoms with Crippen molar-refractivity contribution < 1.29 is 18.3 Å². The zero-order valence-electron chi connectivity index (χ0n) is 11.4. The first kappa shape index (κ1) is 16.3. The van der Waals surface area contributed by atoms with Gasteiger partial charge in [-0.15, -0.1) is 0 Å². The van der Waals surface area contributed by atoms with Gasteiger partial charge in [-0.1, -0.05) is 29.8 Å². The highest BCUT2D eigenvalue weighted by Crippen LogP contribution is 2.33. The second-order valence-corrected chi connectivity index (χ2v) is 8.01. The Morgan fingerprint density at radius 1 is 1.13 bits per heavy atom. The average molecular weight is 462 g/mol. The van der Waals surface area contributed by atoms with Gasteiger partial charge in [0.1, 0.15) is 0 Å². The molecule has 0 fully saturated rings. The minimum absolute atomic E-state index is 0.0192. The number of hydrogen-bond donors (Lipinski definition) is 1. The Hall–Kier alpha value is -1.58. The normalized spacial score (nSPS) is 11.7. The van der Waals surface area contributed by atoms with E-state index in [0.717, 1.165) is 3.97 Å². The van der Waals surface area contributed by atoms with Gasteiger partial charge in [0.2, 0.25) is 0 Å². The van der Waals surface area contributed by atoms with E-state index in [1.807, 2.05) is 22.6 Å². The van der Waals surface area contributed by atoms with E-state index in [1.165, 1.54) is 24.3 Å². The van der Waals surface area contributed by atoms with E-state index in [9.17, 15) is 18.3 Å². The summed E-state index contributed by atoms with van der Waals surface area (Å²) in [5.74, 6) is -1.32. The molecule has 0 unspecified atom stereocenters. The van der Waals surface area contributed by atoms with Gasteiger partial charge in [-0.2, -0.15) is 0 Å². The molecule has 0 amide bonds. The maximum atomic E-state index is 12.9. The highest BCUT2D eigenvalue weighted by molar-refractivity contribution is 14.1. The molecule has 0 bridgehead atoms. The Morgan fingerprint density at radius 2 is 1.78 bits per heavy atom. The summed E-state index contributed by atoms with van der Waals surface area (Å²) in [6.45, 7) is 0. The largest absolute Gasteiger partial charge is 0.477 e. The summed E-state index contributed by atoms with van der Waals surface area (Å²) >= 11 is 7.78. The molecule has 0 atom stereocenters. The third-order valence-corrected chi connectivity index (χ3v) is 6.36. The van der Waals surface area contributed by atoms with E-state index in [4.69, 9.17) is 11.6 Å². The van der Waals surface area contributed by atoms with Crippen LogP contribution in [0.4, 0.5) is 0 Å². The summed E-state index contributed by atoms with van der Waals surface area (Å²) < 4.78 is 27.1. The zero-order valence-corrected chi connectivity index (χ0v) is 15.1. The molecule has 0 aliphatic heterocycles. The lowest BCUT2D eigenvalue weighted by atomic mass is 10.2. The number of carboxylic acids is 1. The van der Waals surface area contributed by atoms with E-state index >= 15 is 0 Å². The van der Waals surface area contributed by atoms with Crippen LogP contribution < -0.4 is 0 Å². The Balaban J connectivity index is 2.46. The molecule has 3 aromatic rings. The van der Waals surface area contributed by atoms with E-state index in [0.29, 0.717) is 14.0 Å². The Kier molecular flexibility index (Phi) is 4.11. The molecule has 0 saturated heterocycles. The Labute approximate surface area is 150 Å². The summed E-state index contributed by atoms with van der Waals surface area (Å²) in [5.41, 5.74) is -0.0215. The number of hydrogen-bond acceptors (Lipinski definition) is 3. The molecule has 1 N–H and O–H groups in total. The number of carboxylic acid groups (broad SMARTS) is 1. The fraction of sp³-hybridized carbons (Fsp3) is 0. The molecule has 3 rings (SSSR count). The quantitative estimate of drug-likeness (QED) is 0.602. The molecule has 2 aromatic carbocycles. The van der Waals surface area contributed by atoms with Crippen molar-refractivity contribution >= 4 is 61.1 Å². The number of nitrogens with zero attached hydrogens (tertiary/aromatic N) is 1. The van der Waals surface area contributed by atoms with Crippen LogP contribution >= 0.6 is 34.2 Å². The standard InChI is InChI=1S/C15H9ClINO4S/c16-9-6-7-12-11(8-9)13(17)14(15(19)20)18(12)23(21,22)10-4-2-1-3-5-10/h1-8H,(H,19,20). The van der Waals surface area contributed by atoms with Crippen LogP contribution in [0.3, 0.4) is 0 Å². The molecule has 118 valence electrons. The van der Waals surface area contributed by atoms with Gasteiger partial charge in [0.05, 0.1) is 14.0 Å². The monoisotopic (exact) mass is 461 g/mol. The SMILES string of the molecule is O=C(O)c1c(I)c2cc(Cl)ccc2n1S(=O)(=O)c1ccccc1. The molecule has 1 aromatic heterocycles. The van der Waals surface area contributed by atoms with Gasteiger partial charge in [-0.05, 0) is 52.9 Å². The first-order chi connectivity index (χ1) is 10.8. The molecule has 8 heteroatoms. The van der Waals surface area contributed by atoms with E-state index in [1.54, 1.807) is 24.3 Å². The lowest BCUT2D eigenvalue weighted by Gasteiger charge is -2.10. The lowest BCUT2D eigenvalue weighted by molar-refractivity contribution is 0.0688. The van der Waals surface area contributed by atoms with Gasteiger partial charge in [-0.25, -0.2) is 17.2 Å². The summed E-state index contributed by atoms with van der Waals surface area (Å²) in [6, 6.07) is 12.3. The highest BCUT2D eigenvalue weighted by atomic mass is 127.